The lowest BCUT2D eigenvalue weighted by Gasteiger charge is -2.36. The topological polar surface area (TPSA) is 120 Å². The van der Waals surface area contributed by atoms with Gasteiger partial charge in [0.25, 0.3) is 0 Å². The average molecular weight is 459 g/mol. The number of nitrogens with two attached hydrogens (primary N) is 1. The van der Waals surface area contributed by atoms with Crippen molar-refractivity contribution in [3.05, 3.63) is 92.0 Å². The van der Waals surface area contributed by atoms with E-state index >= 15 is 0 Å². The highest BCUT2D eigenvalue weighted by atomic mass is 16.6. The Balaban J connectivity index is 1.72. The quantitative estimate of drug-likeness (QED) is 0.387. The van der Waals surface area contributed by atoms with Crippen molar-refractivity contribution in [3.8, 4) is 0 Å². The Labute approximate surface area is 197 Å². The number of methoxy groups -OCH3 is 1. The van der Waals surface area contributed by atoms with Crippen LogP contribution >= 0.6 is 0 Å². The van der Waals surface area contributed by atoms with Gasteiger partial charge in [-0.1, -0.05) is 42.0 Å². The number of ether oxygens (including phenoxy) is 1. The van der Waals surface area contributed by atoms with E-state index in [2.05, 4.69) is 17.5 Å². The third-order valence-corrected chi connectivity index (χ3v) is 7.03. The Hall–Kier alpha value is -3.94. The zero-order chi connectivity index (χ0) is 24.0. The fourth-order valence-corrected chi connectivity index (χ4v) is 5.49. The molecule has 1 aliphatic heterocycles. The van der Waals surface area contributed by atoms with Gasteiger partial charge >= 0.3 is 5.97 Å². The van der Waals surface area contributed by atoms with Gasteiger partial charge in [-0.15, -0.1) is 0 Å². The minimum atomic E-state index is -0.528. The Morgan fingerprint density at radius 3 is 2.88 bits per heavy atom. The number of nitrogens with one attached hydrogen (secondary N) is 1. The highest BCUT2D eigenvalue weighted by Gasteiger charge is 2.41. The smallest absolute Gasteiger partial charge is 0.336 e. The van der Waals surface area contributed by atoms with Crippen LogP contribution in [0.15, 0.2) is 65.1 Å². The van der Waals surface area contributed by atoms with Gasteiger partial charge in [-0.05, 0) is 37.7 Å². The first-order valence-corrected chi connectivity index (χ1v) is 11.4. The standard InChI is InChI=1S/C26H26N4O4/c1-14-20(26(31)34-2)21(16-8-6-9-17(13-16)30(32)33)23-24(27)22-18-10-5-3-4-7-15(18)11-12-19(22)29-25(23)28-14/h3-6,8-10,16,21H,7,11-13H2,1-2H3,(H3,27,28,29). The zero-order valence-corrected chi connectivity index (χ0v) is 19.1. The fraction of sp³-hybridized carbons (Fsp3) is 0.308. The first-order valence-electron chi connectivity index (χ1n) is 11.4. The Morgan fingerprint density at radius 2 is 2.12 bits per heavy atom. The monoisotopic (exact) mass is 458 g/mol. The molecule has 0 saturated carbocycles. The number of fused-ring (bicyclic) bond motifs is 3. The molecule has 1 aromatic heterocycles. The van der Waals surface area contributed by atoms with Crippen molar-refractivity contribution in [1.29, 1.82) is 0 Å². The fourth-order valence-electron chi connectivity index (χ4n) is 5.49. The molecule has 0 saturated heterocycles. The van der Waals surface area contributed by atoms with Gasteiger partial charge < -0.3 is 15.8 Å². The van der Waals surface area contributed by atoms with Crippen LogP contribution in [0.5, 0.6) is 0 Å². The number of aryl methyl sites for hydroxylation is 1. The minimum Gasteiger partial charge on any atom is -0.466 e. The summed E-state index contributed by atoms with van der Waals surface area (Å²) in [6, 6.07) is 0. The van der Waals surface area contributed by atoms with Crippen LogP contribution < -0.4 is 11.1 Å². The number of allylic oxidation sites excluding steroid dienone is 11. The van der Waals surface area contributed by atoms with Crippen LogP contribution in [0.2, 0.25) is 0 Å². The van der Waals surface area contributed by atoms with Crippen molar-refractivity contribution in [2.75, 3.05) is 18.2 Å². The van der Waals surface area contributed by atoms with Crippen LogP contribution in [-0.2, 0) is 16.0 Å². The molecule has 3 N–H and O–H groups in total. The molecular weight excluding hydrogens is 432 g/mol. The molecule has 2 unspecified atom stereocenters. The van der Waals surface area contributed by atoms with Gasteiger partial charge in [0.2, 0.25) is 5.70 Å². The molecular formula is C26H26N4O4. The lowest BCUT2D eigenvalue weighted by Crippen LogP contribution is -2.31. The average Bonchev–Trinajstić information content (AvgIpc) is 3.08. The van der Waals surface area contributed by atoms with E-state index < -0.39 is 11.9 Å². The van der Waals surface area contributed by atoms with E-state index in [-0.39, 0.29) is 23.0 Å². The molecule has 2 heterocycles. The van der Waals surface area contributed by atoms with Crippen LogP contribution in [0.25, 0.3) is 5.57 Å². The number of esters is 1. The molecule has 0 radical (unpaired) electrons. The first-order chi connectivity index (χ1) is 16.4. The molecule has 2 atom stereocenters. The second-order valence-electron chi connectivity index (χ2n) is 8.92. The van der Waals surface area contributed by atoms with Gasteiger partial charge in [0.1, 0.15) is 5.82 Å². The van der Waals surface area contributed by atoms with Crippen molar-refractivity contribution >= 4 is 23.0 Å². The molecule has 1 aromatic rings. The Morgan fingerprint density at radius 1 is 1.29 bits per heavy atom. The van der Waals surface area contributed by atoms with Gasteiger partial charge in [-0.3, -0.25) is 10.1 Å². The summed E-state index contributed by atoms with van der Waals surface area (Å²) in [5, 5.41) is 14.8. The Bertz CT molecular complexity index is 1300. The number of carbonyl (C=O) groups excluding carboxylic acids is 1. The SMILES string of the molecule is COC(=O)C1=C(C)Nc2nc3c(c(N)c2C1C1C=CC=C([N+](=O)[O-])C1)C1=C(CC=CC=C1)CC3. The number of carbonyl (C=O) groups is 1. The summed E-state index contributed by atoms with van der Waals surface area (Å²) in [6.07, 6.45) is 16.1. The van der Waals surface area contributed by atoms with Crippen LogP contribution in [0.4, 0.5) is 11.5 Å². The van der Waals surface area contributed by atoms with E-state index in [1.54, 1.807) is 13.0 Å². The van der Waals surface area contributed by atoms with Crippen LogP contribution in [0.1, 0.15) is 48.9 Å². The normalized spacial score (nSPS) is 22.8. The summed E-state index contributed by atoms with van der Waals surface area (Å²) < 4.78 is 5.13. The van der Waals surface area contributed by atoms with Crippen LogP contribution in [-0.4, -0.2) is 23.0 Å². The zero-order valence-electron chi connectivity index (χ0n) is 19.1. The predicted octanol–water partition coefficient (Wildman–Crippen LogP) is 4.57. The number of hydrogen-bond acceptors (Lipinski definition) is 7. The summed E-state index contributed by atoms with van der Waals surface area (Å²) in [4.78, 5) is 29.1. The minimum absolute atomic E-state index is 0.0988. The molecule has 3 aliphatic carbocycles. The summed E-state index contributed by atoms with van der Waals surface area (Å²) in [5.74, 6) is -0.750. The largest absolute Gasteiger partial charge is 0.466 e. The van der Waals surface area contributed by atoms with E-state index in [1.807, 2.05) is 18.2 Å². The van der Waals surface area contributed by atoms with Gasteiger partial charge in [-0.25, -0.2) is 9.78 Å². The third kappa shape index (κ3) is 3.46. The highest BCUT2D eigenvalue weighted by molar-refractivity contribution is 5.96. The number of aromatic nitrogens is 1. The van der Waals surface area contributed by atoms with Gasteiger partial charge in [0.15, 0.2) is 0 Å². The van der Waals surface area contributed by atoms with Crippen LogP contribution in [0.3, 0.4) is 0 Å². The molecule has 0 amide bonds. The molecule has 8 nitrogen and oxygen atoms in total. The number of anilines is 2. The summed E-state index contributed by atoms with van der Waals surface area (Å²) >= 11 is 0. The van der Waals surface area contributed by atoms with Gasteiger partial charge in [-0.2, -0.15) is 0 Å². The number of pyridine rings is 1. The lowest BCUT2D eigenvalue weighted by atomic mass is 9.72. The first kappa shape index (κ1) is 21.9. The highest BCUT2D eigenvalue weighted by Crippen LogP contribution is 2.51. The maximum Gasteiger partial charge on any atom is 0.336 e. The molecule has 0 fully saturated rings. The molecule has 174 valence electrons. The molecule has 34 heavy (non-hydrogen) atoms. The predicted molar refractivity (Wildman–Crippen MR) is 130 cm³/mol. The maximum atomic E-state index is 12.9. The van der Waals surface area contributed by atoms with E-state index in [4.69, 9.17) is 15.5 Å². The molecule has 0 spiro atoms. The summed E-state index contributed by atoms with van der Waals surface area (Å²) in [7, 11) is 1.34. The van der Waals surface area contributed by atoms with Crippen molar-refractivity contribution < 1.29 is 14.5 Å². The number of rotatable bonds is 3. The number of hydrogen-bond donors (Lipinski definition) is 2. The van der Waals surface area contributed by atoms with E-state index in [0.29, 0.717) is 28.3 Å². The molecule has 0 aromatic carbocycles. The van der Waals surface area contributed by atoms with Gasteiger partial charge in [0, 0.05) is 40.9 Å². The van der Waals surface area contributed by atoms with E-state index in [9.17, 15) is 14.9 Å². The second-order valence-corrected chi connectivity index (χ2v) is 8.92. The summed E-state index contributed by atoms with van der Waals surface area (Å²) in [5.41, 5.74) is 13.5. The van der Waals surface area contributed by atoms with Crippen molar-refractivity contribution in [3.63, 3.8) is 0 Å². The van der Waals surface area contributed by atoms with Gasteiger partial charge in [0.05, 0.1) is 23.3 Å². The molecule has 8 heteroatoms. The second kappa shape index (κ2) is 8.44. The van der Waals surface area contributed by atoms with Crippen LogP contribution in [0, 0.1) is 16.0 Å². The molecule has 5 rings (SSSR count). The van der Waals surface area contributed by atoms with E-state index in [1.165, 1.54) is 18.8 Å². The summed E-state index contributed by atoms with van der Waals surface area (Å²) in [6.45, 7) is 1.80. The van der Waals surface area contributed by atoms with Crippen molar-refractivity contribution in [1.82, 2.24) is 4.98 Å². The maximum absolute atomic E-state index is 12.9. The molecule has 4 aliphatic rings. The van der Waals surface area contributed by atoms with E-state index in [0.717, 1.165) is 36.1 Å². The number of nitrogens with zero attached hydrogens (tertiary/aromatic N) is 2. The lowest BCUT2D eigenvalue weighted by molar-refractivity contribution is -0.429. The van der Waals surface area contributed by atoms with Crippen molar-refractivity contribution in [2.24, 2.45) is 5.92 Å². The Kier molecular flexibility index (Phi) is 5.43. The number of nitro groups is 1. The molecule has 0 bridgehead atoms. The third-order valence-electron chi connectivity index (χ3n) is 7.03. The van der Waals surface area contributed by atoms with Crippen molar-refractivity contribution in [2.45, 2.75) is 38.5 Å². The number of nitrogen functional groups attached to an aromatic ring is 1.